The molecule has 1 aromatic rings. The van der Waals surface area contributed by atoms with Crippen molar-refractivity contribution in [3.63, 3.8) is 0 Å². The highest BCUT2D eigenvalue weighted by molar-refractivity contribution is 6.33. The van der Waals surface area contributed by atoms with Crippen LogP contribution in [0.5, 0.6) is 0 Å². The summed E-state index contributed by atoms with van der Waals surface area (Å²) in [5.74, 6) is 2.07. The molecule has 2 fully saturated rings. The fourth-order valence-corrected chi connectivity index (χ4v) is 3.90. The molecule has 0 amide bonds. The molecule has 1 nitrogen and oxygen atoms in total. The van der Waals surface area contributed by atoms with Gasteiger partial charge in [-0.2, -0.15) is 0 Å². The van der Waals surface area contributed by atoms with Gasteiger partial charge in [0.15, 0.2) is 0 Å². The van der Waals surface area contributed by atoms with Crippen molar-refractivity contribution in [1.29, 1.82) is 0 Å². The molecule has 0 aromatic heterocycles. The summed E-state index contributed by atoms with van der Waals surface area (Å²) in [4.78, 5) is 0. The monoisotopic (exact) mass is 270 g/mol. The molecular weight excluding hydrogens is 255 g/mol. The van der Waals surface area contributed by atoms with Crippen LogP contribution in [0.25, 0.3) is 0 Å². The maximum absolute atomic E-state index is 10.3. The van der Waals surface area contributed by atoms with E-state index in [4.69, 9.17) is 23.2 Å². The van der Waals surface area contributed by atoms with Crippen molar-refractivity contribution in [3.8, 4) is 0 Å². The minimum absolute atomic E-state index is 0.249. The Hall–Kier alpha value is -0.240. The van der Waals surface area contributed by atoms with Gasteiger partial charge in [-0.15, -0.1) is 0 Å². The van der Waals surface area contributed by atoms with Crippen molar-refractivity contribution in [1.82, 2.24) is 0 Å². The number of halogens is 2. The summed E-state index contributed by atoms with van der Waals surface area (Å²) in [5, 5.41) is 11.7. The Kier molecular flexibility index (Phi) is 3.10. The van der Waals surface area contributed by atoms with Crippen LogP contribution in [0.3, 0.4) is 0 Å². The fourth-order valence-electron chi connectivity index (χ4n) is 3.51. The summed E-state index contributed by atoms with van der Waals surface area (Å²) in [5.41, 5.74) is 0.969. The molecule has 0 heterocycles. The van der Waals surface area contributed by atoms with Crippen LogP contribution in [-0.2, 0) is 6.42 Å². The summed E-state index contributed by atoms with van der Waals surface area (Å²) < 4.78 is 0. The van der Waals surface area contributed by atoms with Crippen molar-refractivity contribution in [2.75, 3.05) is 0 Å². The van der Waals surface area contributed by atoms with Gasteiger partial charge in [0, 0.05) is 16.5 Å². The SMILES string of the molecule is OC(Cc1cc(Cl)ccc1Cl)C1C2CCCC21. The number of hydrogen-bond acceptors (Lipinski definition) is 1. The first-order valence-corrected chi connectivity index (χ1v) is 7.04. The Morgan fingerprint density at radius 2 is 1.94 bits per heavy atom. The van der Waals surface area contributed by atoms with Gasteiger partial charge < -0.3 is 5.11 Å². The van der Waals surface area contributed by atoms with Crippen LogP contribution in [0.1, 0.15) is 24.8 Å². The average Bonchev–Trinajstić information content (AvgIpc) is 2.78. The second-order valence-electron chi connectivity index (χ2n) is 5.34. The number of aliphatic hydroxyl groups excluding tert-OH is 1. The van der Waals surface area contributed by atoms with E-state index in [9.17, 15) is 5.11 Å². The topological polar surface area (TPSA) is 20.2 Å². The zero-order valence-corrected chi connectivity index (χ0v) is 11.1. The molecular formula is C14H16Cl2O. The van der Waals surface area contributed by atoms with Crippen LogP contribution in [0.4, 0.5) is 0 Å². The minimum atomic E-state index is -0.249. The lowest BCUT2D eigenvalue weighted by Gasteiger charge is -2.13. The second-order valence-corrected chi connectivity index (χ2v) is 6.19. The third kappa shape index (κ3) is 2.21. The van der Waals surface area contributed by atoms with Gasteiger partial charge in [0.1, 0.15) is 0 Å². The van der Waals surface area contributed by atoms with Gasteiger partial charge in [-0.1, -0.05) is 29.6 Å². The van der Waals surface area contributed by atoms with E-state index in [1.54, 1.807) is 12.1 Å². The van der Waals surface area contributed by atoms with E-state index in [1.165, 1.54) is 19.3 Å². The van der Waals surface area contributed by atoms with Crippen LogP contribution < -0.4 is 0 Å². The largest absolute Gasteiger partial charge is 0.392 e. The first-order chi connectivity index (χ1) is 8.16. The van der Waals surface area contributed by atoms with E-state index in [-0.39, 0.29) is 6.10 Å². The van der Waals surface area contributed by atoms with Gasteiger partial charge in [-0.05, 0) is 54.4 Å². The molecule has 92 valence electrons. The zero-order chi connectivity index (χ0) is 12.0. The van der Waals surface area contributed by atoms with Gasteiger partial charge in [0.2, 0.25) is 0 Å². The summed E-state index contributed by atoms with van der Waals surface area (Å²) in [6.07, 6.45) is 4.33. The summed E-state index contributed by atoms with van der Waals surface area (Å²) >= 11 is 12.1. The first-order valence-electron chi connectivity index (χ1n) is 6.29. The lowest BCUT2D eigenvalue weighted by Crippen LogP contribution is -2.16. The Bertz CT molecular complexity index is 422. The Labute approximate surface area is 112 Å². The quantitative estimate of drug-likeness (QED) is 0.882. The molecule has 1 aromatic carbocycles. The highest BCUT2D eigenvalue weighted by atomic mass is 35.5. The van der Waals surface area contributed by atoms with Crippen molar-refractivity contribution in [2.24, 2.45) is 17.8 Å². The second kappa shape index (κ2) is 4.46. The molecule has 2 aliphatic rings. The minimum Gasteiger partial charge on any atom is -0.392 e. The van der Waals surface area contributed by atoms with E-state index in [2.05, 4.69) is 0 Å². The molecule has 2 saturated carbocycles. The number of hydrogen-bond donors (Lipinski definition) is 1. The lowest BCUT2D eigenvalue weighted by molar-refractivity contribution is 0.135. The van der Waals surface area contributed by atoms with Crippen molar-refractivity contribution >= 4 is 23.2 Å². The van der Waals surface area contributed by atoms with Crippen LogP contribution in [0, 0.1) is 17.8 Å². The Balaban J connectivity index is 1.68. The summed E-state index contributed by atoms with van der Waals surface area (Å²) in [6, 6.07) is 5.45. The Morgan fingerprint density at radius 3 is 2.65 bits per heavy atom. The Morgan fingerprint density at radius 1 is 1.24 bits per heavy atom. The number of benzene rings is 1. The third-order valence-corrected chi connectivity index (χ3v) is 4.96. The average molecular weight is 271 g/mol. The maximum Gasteiger partial charge on any atom is 0.0614 e. The highest BCUT2D eigenvalue weighted by Gasteiger charge is 2.55. The molecule has 2 aliphatic carbocycles. The van der Waals surface area contributed by atoms with Crippen LogP contribution in [0.15, 0.2) is 18.2 Å². The standard InChI is InChI=1S/C14H16Cl2O/c15-9-4-5-12(16)8(6-9)7-13(17)14-10-2-1-3-11(10)14/h4-6,10-11,13-14,17H,1-3,7H2. The van der Waals surface area contributed by atoms with E-state index in [1.807, 2.05) is 6.07 Å². The van der Waals surface area contributed by atoms with Crippen LogP contribution in [0.2, 0.25) is 10.0 Å². The van der Waals surface area contributed by atoms with E-state index >= 15 is 0 Å². The van der Waals surface area contributed by atoms with Crippen LogP contribution >= 0.6 is 23.2 Å². The van der Waals surface area contributed by atoms with Crippen molar-refractivity contribution in [3.05, 3.63) is 33.8 Å². The normalized spacial score (nSPS) is 32.3. The van der Waals surface area contributed by atoms with Crippen LogP contribution in [-0.4, -0.2) is 11.2 Å². The van der Waals surface area contributed by atoms with Gasteiger partial charge in [-0.3, -0.25) is 0 Å². The molecule has 0 radical (unpaired) electrons. The highest BCUT2D eigenvalue weighted by Crippen LogP contribution is 2.59. The van der Waals surface area contributed by atoms with Gasteiger partial charge in [0.05, 0.1) is 6.10 Å². The number of fused-ring (bicyclic) bond motifs is 1. The molecule has 3 atom stereocenters. The maximum atomic E-state index is 10.3. The molecule has 1 N–H and O–H groups in total. The number of aliphatic hydroxyl groups is 1. The van der Waals surface area contributed by atoms with E-state index in [0.29, 0.717) is 22.4 Å². The van der Waals surface area contributed by atoms with Gasteiger partial charge >= 0.3 is 0 Å². The fraction of sp³-hybridized carbons (Fsp3) is 0.571. The van der Waals surface area contributed by atoms with Gasteiger partial charge in [-0.25, -0.2) is 0 Å². The van der Waals surface area contributed by atoms with E-state index < -0.39 is 0 Å². The van der Waals surface area contributed by atoms with Gasteiger partial charge in [0.25, 0.3) is 0 Å². The van der Waals surface area contributed by atoms with E-state index in [0.717, 1.165) is 17.4 Å². The zero-order valence-electron chi connectivity index (χ0n) is 9.57. The molecule has 0 spiro atoms. The van der Waals surface area contributed by atoms with Crippen molar-refractivity contribution in [2.45, 2.75) is 31.8 Å². The summed E-state index contributed by atoms with van der Waals surface area (Å²) in [6.45, 7) is 0. The predicted molar refractivity (Wildman–Crippen MR) is 70.5 cm³/mol. The molecule has 0 bridgehead atoms. The molecule has 17 heavy (non-hydrogen) atoms. The third-order valence-electron chi connectivity index (χ3n) is 4.35. The molecule has 3 rings (SSSR count). The molecule has 0 aliphatic heterocycles. The predicted octanol–water partition coefficient (Wildman–Crippen LogP) is 3.94. The molecule has 0 saturated heterocycles. The van der Waals surface area contributed by atoms with Crippen molar-refractivity contribution < 1.29 is 5.11 Å². The number of rotatable bonds is 3. The molecule has 3 heteroatoms. The first kappa shape index (κ1) is 11.8. The lowest BCUT2D eigenvalue weighted by atomic mass is 10.00. The smallest absolute Gasteiger partial charge is 0.0614 e. The molecule has 3 unspecified atom stereocenters. The summed E-state index contributed by atoms with van der Waals surface area (Å²) in [7, 11) is 0.